The van der Waals surface area contributed by atoms with E-state index < -0.39 is 0 Å². The van der Waals surface area contributed by atoms with Gasteiger partial charge in [-0.25, -0.2) is 0 Å². The molecule has 0 aromatic heterocycles. The first kappa shape index (κ1) is 5.42. The van der Waals surface area contributed by atoms with E-state index in [-0.39, 0.29) is 0 Å². The molecular weight excluding hydrogens is 112 g/mol. The molecule has 50 valence electrons. The predicted molar refractivity (Wildman–Crippen MR) is 37.9 cm³/mol. The molecule has 0 amide bonds. The fourth-order valence-corrected chi connectivity index (χ4v) is 1.45. The van der Waals surface area contributed by atoms with E-state index in [0.29, 0.717) is 11.5 Å². The molecule has 1 unspecified atom stereocenters. The molecule has 0 aromatic rings. The van der Waals surface area contributed by atoms with Crippen molar-refractivity contribution in [3.63, 3.8) is 0 Å². The molecule has 1 aliphatic carbocycles. The standard InChI is InChI=1S/C7H12N2/c1-8-5-7(2-3-7)6-4-9-6/h4,6,8H,2-3,5H2,1H3. The minimum atomic E-state index is 0.578. The first-order chi connectivity index (χ1) is 4.37. The average molecular weight is 124 g/mol. The number of rotatable bonds is 3. The third kappa shape index (κ3) is 0.778. The number of aliphatic imine (C=N–C) groups is 1. The van der Waals surface area contributed by atoms with Crippen LogP contribution in [-0.2, 0) is 0 Å². The van der Waals surface area contributed by atoms with Crippen LogP contribution in [0, 0.1) is 5.41 Å². The lowest BCUT2D eigenvalue weighted by Crippen LogP contribution is -2.25. The second kappa shape index (κ2) is 1.57. The Morgan fingerprint density at radius 2 is 2.44 bits per heavy atom. The third-order valence-corrected chi connectivity index (χ3v) is 2.35. The van der Waals surface area contributed by atoms with Crippen LogP contribution >= 0.6 is 0 Å². The summed E-state index contributed by atoms with van der Waals surface area (Å²) in [6.07, 6.45) is 4.82. The minimum absolute atomic E-state index is 0.578. The van der Waals surface area contributed by atoms with Crippen LogP contribution in [0.3, 0.4) is 0 Å². The highest BCUT2D eigenvalue weighted by Crippen LogP contribution is 2.51. The maximum absolute atomic E-state index is 4.19. The second-order valence-corrected chi connectivity index (χ2v) is 3.14. The molecule has 0 spiro atoms. The highest BCUT2D eigenvalue weighted by atomic mass is 15.0. The van der Waals surface area contributed by atoms with Gasteiger partial charge in [0.05, 0.1) is 6.04 Å². The van der Waals surface area contributed by atoms with Crippen LogP contribution in [0.2, 0.25) is 0 Å². The Hall–Kier alpha value is -0.370. The van der Waals surface area contributed by atoms with Crippen molar-refractivity contribution < 1.29 is 0 Å². The van der Waals surface area contributed by atoms with E-state index in [1.807, 2.05) is 7.05 Å². The fourth-order valence-electron chi connectivity index (χ4n) is 1.45. The lowest BCUT2D eigenvalue weighted by atomic mass is 10.0. The van der Waals surface area contributed by atoms with Crippen molar-refractivity contribution in [2.45, 2.75) is 18.9 Å². The lowest BCUT2D eigenvalue weighted by molar-refractivity contribution is 0.483. The van der Waals surface area contributed by atoms with Crippen molar-refractivity contribution in [1.82, 2.24) is 5.32 Å². The van der Waals surface area contributed by atoms with Gasteiger partial charge in [0.25, 0.3) is 0 Å². The smallest absolute Gasteiger partial charge is 0.0911 e. The first-order valence-corrected chi connectivity index (χ1v) is 3.55. The van der Waals surface area contributed by atoms with Gasteiger partial charge < -0.3 is 5.32 Å². The molecule has 1 atom stereocenters. The SMILES string of the molecule is CNCC1(C2C=N2)CC1. The monoisotopic (exact) mass is 124 g/mol. The molecule has 9 heavy (non-hydrogen) atoms. The van der Waals surface area contributed by atoms with Crippen molar-refractivity contribution in [1.29, 1.82) is 0 Å². The van der Waals surface area contributed by atoms with Gasteiger partial charge in [0.15, 0.2) is 0 Å². The average Bonchev–Trinajstić information content (AvgIpc) is 2.61. The number of nitrogens with one attached hydrogen (secondary N) is 1. The van der Waals surface area contributed by atoms with Crippen molar-refractivity contribution in [2.24, 2.45) is 10.4 Å². The van der Waals surface area contributed by atoms with Crippen molar-refractivity contribution in [3.05, 3.63) is 0 Å². The number of nitrogens with zero attached hydrogens (tertiary/aromatic N) is 1. The van der Waals surface area contributed by atoms with Gasteiger partial charge in [0.2, 0.25) is 0 Å². The maximum atomic E-state index is 4.19. The van der Waals surface area contributed by atoms with Crippen LogP contribution in [0.15, 0.2) is 4.99 Å². The van der Waals surface area contributed by atoms with Gasteiger partial charge in [-0.3, -0.25) is 4.99 Å². The largest absolute Gasteiger partial charge is 0.319 e. The van der Waals surface area contributed by atoms with Crippen LogP contribution in [0.4, 0.5) is 0 Å². The summed E-state index contributed by atoms with van der Waals surface area (Å²) in [5, 5.41) is 3.21. The van der Waals surface area contributed by atoms with Crippen molar-refractivity contribution >= 4 is 6.21 Å². The summed E-state index contributed by atoms with van der Waals surface area (Å²) in [6.45, 7) is 1.15. The quantitative estimate of drug-likeness (QED) is 0.580. The summed E-state index contributed by atoms with van der Waals surface area (Å²) in [5.74, 6) is 0. The molecule has 0 aromatic carbocycles. The number of hydrogen-bond acceptors (Lipinski definition) is 2. The van der Waals surface area contributed by atoms with Crippen LogP contribution < -0.4 is 5.32 Å². The molecule has 1 fully saturated rings. The van der Waals surface area contributed by atoms with Gasteiger partial charge in [-0.2, -0.15) is 0 Å². The summed E-state index contributed by atoms with van der Waals surface area (Å²) >= 11 is 0. The van der Waals surface area contributed by atoms with Crippen LogP contribution in [-0.4, -0.2) is 25.8 Å². The molecule has 1 saturated carbocycles. The molecule has 2 nitrogen and oxygen atoms in total. The number of hydrogen-bond donors (Lipinski definition) is 1. The Morgan fingerprint density at radius 3 is 2.78 bits per heavy atom. The molecular formula is C7H12N2. The Kier molecular flexibility index (Phi) is 0.943. The summed E-state index contributed by atoms with van der Waals surface area (Å²) in [4.78, 5) is 4.19. The molecule has 0 radical (unpaired) electrons. The van der Waals surface area contributed by atoms with E-state index in [1.54, 1.807) is 0 Å². The Balaban J connectivity index is 1.90. The van der Waals surface area contributed by atoms with Gasteiger partial charge in [0.1, 0.15) is 0 Å². The summed E-state index contributed by atoms with van der Waals surface area (Å²) in [6, 6.07) is 0.616. The topological polar surface area (TPSA) is 24.4 Å². The molecule has 1 heterocycles. The Labute approximate surface area is 55.4 Å². The van der Waals surface area contributed by atoms with Gasteiger partial charge in [-0.05, 0) is 19.9 Å². The van der Waals surface area contributed by atoms with E-state index in [9.17, 15) is 0 Å². The third-order valence-electron chi connectivity index (χ3n) is 2.35. The molecule has 2 heteroatoms. The zero-order valence-electron chi connectivity index (χ0n) is 5.72. The molecule has 2 rings (SSSR count). The first-order valence-electron chi connectivity index (χ1n) is 3.55. The molecule has 1 N–H and O–H groups in total. The Morgan fingerprint density at radius 1 is 1.78 bits per heavy atom. The lowest BCUT2D eigenvalue weighted by Gasteiger charge is -2.09. The zero-order chi connectivity index (χ0) is 6.32. The maximum Gasteiger partial charge on any atom is 0.0911 e. The molecule has 0 saturated heterocycles. The van der Waals surface area contributed by atoms with Gasteiger partial charge in [-0.15, -0.1) is 0 Å². The van der Waals surface area contributed by atoms with Crippen LogP contribution in [0.25, 0.3) is 0 Å². The van der Waals surface area contributed by atoms with E-state index in [2.05, 4.69) is 16.5 Å². The highest BCUT2D eigenvalue weighted by Gasteiger charge is 2.51. The molecule has 1 aliphatic heterocycles. The van der Waals surface area contributed by atoms with Gasteiger partial charge in [-0.1, -0.05) is 0 Å². The Bertz CT molecular complexity index is 141. The zero-order valence-corrected chi connectivity index (χ0v) is 5.72. The van der Waals surface area contributed by atoms with Crippen LogP contribution in [0.5, 0.6) is 0 Å². The second-order valence-electron chi connectivity index (χ2n) is 3.14. The van der Waals surface area contributed by atoms with Crippen molar-refractivity contribution in [2.75, 3.05) is 13.6 Å². The summed E-state index contributed by atoms with van der Waals surface area (Å²) < 4.78 is 0. The summed E-state index contributed by atoms with van der Waals surface area (Å²) in [5.41, 5.74) is 0.578. The van der Waals surface area contributed by atoms with E-state index in [4.69, 9.17) is 0 Å². The normalized spacial score (nSPS) is 34.6. The van der Waals surface area contributed by atoms with Crippen LogP contribution in [0.1, 0.15) is 12.8 Å². The molecule has 0 bridgehead atoms. The van der Waals surface area contributed by atoms with Crippen molar-refractivity contribution in [3.8, 4) is 0 Å². The van der Waals surface area contributed by atoms with E-state index in [1.165, 1.54) is 12.8 Å². The predicted octanol–water partition coefficient (Wildman–Crippen LogP) is 0.439. The van der Waals surface area contributed by atoms with Gasteiger partial charge >= 0.3 is 0 Å². The minimum Gasteiger partial charge on any atom is -0.319 e. The molecule has 2 aliphatic rings. The summed E-state index contributed by atoms with van der Waals surface area (Å²) in [7, 11) is 2.02. The van der Waals surface area contributed by atoms with E-state index in [0.717, 1.165) is 6.54 Å². The highest BCUT2D eigenvalue weighted by molar-refractivity contribution is 5.80. The van der Waals surface area contributed by atoms with Gasteiger partial charge in [0, 0.05) is 18.2 Å². The van der Waals surface area contributed by atoms with E-state index >= 15 is 0 Å². The fraction of sp³-hybridized carbons (Fsp3) is 0.857.